The zero-order valence-corrected chi connectivity index (χ0v) is 16.8. The normalized spacial score (nSPS) is 18.2. The van der Waals surface area contributed by atoms with Crippen molar-refractivity contribution in [3.8, 4) is 0 Å². The molecule has 1 saturated heterocycles. The number of sulfonamides is 1. The molecule has 1 N–H and O–H groups in total. The Morgan fingerprint density at radius 1 is 1.15 bits per heavy atom. The summed E-state index contributed by atoms with van der Waals surface area (Å²) in [6.07, 6.45) is 2.85. The summed E-state index contributed by atoms with van der Waals surface area (Å²) >= 11 is 5.87. The first-order chi connectivity index (χ1) is 12.9. The fourth-order valence-corrected chi connectivity index (χ4v) is 5.15. The Kier molecular flexibility index (Phi) is 6.19. The summed E-state index contributed by atoms with van der Waals surface area (Å²) in [7, 11) is -3.77. The minimum Gasteiger partial charge on any atom is -0.324 e. The van der Waals surface area contributed by atoms with Crippen LogP contribution in [0.1, 0.15) is 31.7 Å². The maximum atomic E-state index is 13.1. The number of rotatable bonds is 5. The van der Waals surface area contributed by atoms with Gasteiger partial charge in [0, 0.05) is 17.3 Å². The van der Waals surface area contributed by atoms with E-state index >= 15 is 0 Å². The summed E-state index contributed by atoms with van der Waals surface area (Å²) in [4.78, 5) is 13.1. The number of hydrogen-bond donors (Lipinski definition) is 1. The first-order valence-corrected chi connectivity index (χ1v) is 10.9. The smallest absolute Gasteiger partial charge is 0.243 e. The lowest BCUT2D eigenvalue weighted by molar-refractivity contribution is -0.120. The second-order valence-corrected chi connectivity index (χ2v) is 8.91. The van der Waals surface area contributed by atoms with Crippen molar-refractivity contribution in [2.24, 2.45) is 0 Å². The van der Waals surface area contributed by atoms with Crippen molar-refractivity contribution in [3.05, 3.63) is 59.1 Å². The van der Waals surface area contributed by atoms with Gasteiger partial charge in [-0.05, 0) is 55.2 Å². The molecule has 5 nitrogen and oxygen atoms in total. The van der Waals surface area contributed by atoms with E-state index in [0.29, 0.717) is 18.0 Å². The van der Waals surface area contributed by atoms with Crippen molar-refractivity contribution in [1.29, 1.82) is 0 Å². The van der Waals surface area contributed by atoms with Gasteiger partial charge >= 0.3 is 0 Å². The number of carbonyl (C=O) groups is 1. The molecule has 7 heteroatoms. The van der Waals surface area contributed by atoms with Crippen molar-refractivity contribution in [2.45, 2.75) is 43.5 Å². The van der Waals surface area contributed by atoms with Crippen molar-refractivity contribution >= 4 is 33.2 Å². The Balaban J connectivity index is 1.86. The maximum absolute atomic E-state index is 13.1. The van der Waals surface area contributed by atoms with Crippen LogP contribution in [0.5, 0.6) is 0 Å². The van der Waals surface area contributed by atoms with Gasteiger partial charge < -0.3 is 5.32 Å². The van der Waals surface area contributed by atoms with Crippen LogP contribution in [0.25, 0.3) is 0 Å². The van der Waals surface area contributed by atoms with Crippen LogP contribution in [-0.2, 0) is 21.2 Å². The summed E-state index contributed by atoms with van der Waals surface area (Å²) in [6.45, 7) is 2.35. The largest absolute Gasteiger partial charge is 0.324 e. The average Bonchev–Trinajstić information content (AvgIpc) is 2.68. The molecule has 2 aromatic rings. The van der Waals surface area contributed by atoms with Gasteiger partial charge in [0.2, 0.25) is 15.9 Å². The van der Waals surface area contributed by atoms with Crippen LogP contribution >= 0.6 is 11.6 Å². The molecule has 3 rings (SSSR count). The standard InChI is InChI=1S/C20H23ClN2O3S/c1-2-15-7-3-4-8-18(15)22-20(24)19-9-5-6-14-23(19)27(25,26)17-12-10-16(21)11-13-17/h3-4,7-8,10-13,19H,2,5-6,9,14H2,1H3,(H,22,24)/t19-/m1/s1. The Labute approximate surface area is 165 Å². The lowest BCUT2D eigenvalue weighted by atomic mass is 10.0. The predicted octanol–water partition coefficient (Wildman–Crippen LogP) is 4.08. The second kappa shape index (κ2) is 8.42. The lowest BCUT2D eigenvalue weighted by Gasteiger charge is -2.33. The fraction of sp³-hybridized carbons (Fsp3) is 0.350. The predicted molar refractivity (Wildman–Crippen MR) is 107 cm³/mol. The Hall–Kier alpha value is -1.89. The van der Waals surface area contributed by atoms with Gasteiger partial charge in [0.05, 0.1) is 4.90 Å². The van der Waals surface area contributed by atoms with E-state index in [1.807, 2.05) is 31.2 Å². The first kappa shape index (κ1) is 19.9. The minimum absolute atomic E-state index is 0.153. The third kappa shape index (κ3) is 4.34. The van der Waals surface area contributed by atoms with Gasteiger partial charge in [-0.25, -0.2) is 8.42 Å². The van der Waals surface area contributed by atoms with Crippen molar-refractivity contribution in [1.82, 2.24) is 4.31 Å². The summed E-state index contributed by atoms with van der Waals surface area (Å²) in [5, 5.41) is 3.40. The van der Waals surface area contributed by atoms with Gasteiger partial charge in [-0.1, -0.05) is 43.1 Å². The highest BCUT2D eigenvalue weighted by Gasteiger charge is 2.37. The number of piperidine rings is 1. The van der Waals surface area contributed by atoms with Crippen LogP contribution in [0.15, 0.2) is 53.4 Å². The van der Waals surface area contributed by atoms with E-state index in [4.69, 9.17) is 11.6 Å². The molecule has 0 aliphatic carbocycles. The van der Waals surface area contributed by atoms with Crippen molar-refractivity contribution < 1.29 is 13.2 Å². The number of aryl methyl sites for hydroxylation is 1. The number of halogens is 1. The number of para-hydroxylation sites is 1. The Morgan fingerprint density at radius 3 is 2.56 bits per heavy atom. The summed E-state index contributed by atoms with van der Waals surface area (Å²) < 4.78 is 27.5. The monoisotopic (exact) mass is 406 g/mol. The fourth-order valence-electron chi connectivity index (χ4n) is 3.36. The molecule has 27 heavy (non-hydrogen) atoms. The van der Waals surface area contributed by atoms with E-state index < -0.39 is 16.1 Å². The highest BCUT2D eigenvalue weighted by molar-refractivity contribution is 7.89. The number of carbonyl (C=O) groups excluding carboxylic acids is 1. The number of amides is 1. The van der Waals surface area contributed by atoms with Crippen LogP contribution in [0.4, 0.5) is 5.69 Å². The van der Waals surface area contributed by atoms with E-state index in [2.05, 4.69) is 5.32 Å². The van der Waals surface area contributed by atoms with Crippen LogP contribution < -0.4 is 5.32 Å². The summed E-state index contributed by atoms with van der Waals surface area (Å²) in [5.41, 5.74) is 1.76. The molecule has 1 fully saturated rings. The molecule has 0 saturated carbocycles. The molecule has 1 heterocycles. The van der Waals surface area contributed by atoms with Gasteiger partial charge in [-0.2, -0.15) is 4.31 Å². The van der Waals surface area contributed by atoms with Crippen molar-refractivity contribution in [2.75, 3.05) is 11.9 Å². The number of benzene rings is 2. The number of nitrogens with zero attached hydrogens (tertiary/aromatic N) is 1. The van der Waals surface area contributed by atoms with Gasteiger partial charge in [-0.15, -0.1) is 0 Å². The number of nitrogens with one attached hydrogen (secondary N) is 1. The van der Waals surface area contributed by atoms with Gasteiger partial charge in [-0.3, -0.25) is 4.79 Å². The van der Waals surface area contributed by atoms with Crippen molar-refractivity contribution in [3.63, 3.8) is 0 Å². The van der Waals surface area contributed by atoms with Crippen LogP contribution in [-0.4, -0.2) is 31.2 Å². The zero-order valence-electron chi connectivity index (χ0n) is 15.2. The molecule has 1 aliphatic heterocycles. The average molecular weight is 407 g/mol. The minimum atomic E-state index is -3.77. The maximum Gasteiger partial charge on any atom is 0.243 e. The van der Waals surface area contributed by atoms with Crippen LogP contribution in [0.3, 0.4) is 0 Å². The van der Waals surface area contributed by atoms with Gasteiger partial charge in [0.1, 0.15) is 6.04 Å². The Bertz CT molecular complexity index is 913. The molecule has 0 aromatic heterocycles. The van der Waals surface area contributed by atoms with E-state index in [1.165, 1.54) is 16.4 Å². The van der Waals surface area contributed by atoms with E-state index in [-0.39, 0.29) is 10.8 Å². The van der Waals surface area contributed by atoms with Gasteiger partial charge in [0.25, 0.3) is 0 Å². The van der Waals surface area contributed by atoms with E-state index in [0.717, 1.165) is 30.5 Å². The molecule has 2 aromatic carbocycles. The first-order valence-electron chi connectivity index (χ1n) is 9.09. The molecule has 144 valence electrons. The molecule has 0 unspecified atom stereocenters. The highest BCUT2D eigenvalue weighted by Crippen LogP contribution is 2.27. The zero-order chi connectivity index (χ0) is 19.4. The highest BCUT2D eigenvalue weighted by atomic mass is 35.5. The van der Waals surface area contributed by atoms with Crippen LogP contribution in [0, 0.1) is 0 Å². The second-order valence-electron chi connectivity index (χ2n) is 6.58. The topological polar surface area (TPSA) is 66.5 Å². The molecule has 1 atom stereocenters. The SMILES string of the molecule is CCc1ccccc1NC(=O)[C@H]1CCCCN1S(=O)(=O)c1ccc(Cl)cc1. The molecule has 0 bridgehead atoms. The molecular weight excluding hydrogens is 384 g/mol. The quantitative estimate of drug-likeness (QED) is 0.813. The molecule has 1 amide bonds. The molecule has 1 aliphatic rings. The molecular formula is C20H23ClN2O3S. The Morgan fingerprint density at radius 2 is 1.85 bits per heavy atom. The lowest BCUT2D eigenvalue weighted by Crippen LogP contribution is -2.49. The summed E-state index contributed by atoms with van der Waals surface area (Å²) in [6, 6.07) is 12.9. The van der Waals surface area contributed by atoms with E-state index in [1.54, 1.807) is 12.1 Å². The third-order valence-corrected chi connectivity index (χ3v) is 7.01. The number of hydrogen-bond acceptors (Lipinski definition) is 3. The van der Waals surface area contributed by atoms with Gasteiger partial charge in [0.15, 0.2) is 0 Å². The van der Waals surface area contributed by atoms with Crippen LogP contribution in [0.2, 0.25) is 5.02 Å². The number of anilines is 1. The third-order valence-electron chi connectivity index (χ3n) is 4.83. The molecule has 0 radical (unpaired) electrons. The molecule has 0 spiro atoms. The van der Waals surface area contributed by atoms with E-state index in [9.17, 15) is 13.2 Å². The summed E-state index contributed by atoms with van der Waals surface area (Å²) in [5.74, 6) is -0.284.